The zero-order valence-electron chi connectivity index (χ0n) is 19.4. The van der Waals surface area contributed by atoms with Gasteiger partial charge < -0.3 is 10.1 Å². The van der Waals surface area contributed by atoms with E-state index >= 15 is 0 Å². The topological polar surface area (TPSA) is 83.4 Å². The number of thioether (sulfide) groups is 1. The Hall–Kier alpha value is -3.62. The maximum absolute atomic E-state index is 12.8. The lowest BCUT2D eigenvalue weighted by atomic mass is 9.98. The molecule has 2 heterocycles. The zero-order valence-corrected chi connectivity index (χ0v) is 21.0. The fourth-order valence-corrected chi connectivity index (χ4v) is 5.36. The number of amides is 2. The standard InChI is InChI=1S/C27H23ClN4O3S/c1-35-19-13-11-17(12-14-19)22-15-23(18-7-3-2-4-8-18)32(31-22)27-30-26(34)24(36-27)16-25(33)29-21-10-6-5-9-20(21)28/h2-14,23-24H,15-16H2,1H3,(H,29,33)/t23-,24-/m0/s1. The van der Waals surface area contributed by atoms with Crippen LogP contribution in [0.15, 0.2) is 89.0 Å². The number of halogens is 1. The average Bonchev–Trinajstić information content (AvgIpc) is 3.50. The Kier molecular flexibility index (Phi) is 7.06. The van der Waals surface area contributed by atoms with E-state index < -0.39 is 5.25 Å². The summed E-state index contributed by atoms with van der Waals surface area (Å²) in [4.78, 5) is 29.7. The highest BCUT2D eigenvalue weighted by atomic mass is 35.5. The third-order valence-electron chi connectivity index (χ3n) is 5.96. The predicted octanol–water partition coefficient (Wildman–Crippen LogP) is 5.53. The Morgan fingerprint density at radius 3 is 2.53 bits per heavy atom. The van der Waals surface area contributed by atoms with Crippen molar-refractivity contribution >= 4 is 51.7 Å². The molecule has 2 aliphatic rings. The van der Waals surface area contributed by atoms with E-state index in [1.807, 2.05) is 59.6 Å². The Bertz CT molecular complexity index is 1340. The van der Waals surface area contributed by atoms with Crippen molar-refractivity contribution in [1.82, 2.24) is 5.01 Å². The number of nitrogens with one attached hydrogen (secondary N) is 1. The van der Waals surface area contributed by atoms with Gasteiger partial charge in [-0.25, -0.2) is 5.01 Å². The van der Waals surface area contributed by atoms with Crippen LogP contribution in [-0.2, 0) is 9.59 Å². The number of rotatable bonds is 6. The quantitative estimate of drug-likeness (QED) is 0.464. The highest BCUT2D eigenvalue weighted by Crippen LogP contribution is 2.38. The van der Waals surface area contributed by atoms with Crippen LogP contribution < -0.4 is 10.1 Å². The number of anilines is 1. The van der Waals surface area contributed by atoms with Crippen molar-refractivity contribution in [3.8, 4) is 5.75 Å². The minimum atomic E-state index is -0.626. The lowest BCUT2D eigenvalue weighted by Crippen LogP contribution is -2.25. The van der Waals surface area contributed by atoms with Gasteiger partial charge in [-0.05, 0) is 47.5 Å². The molecule has 3 aromatic rings. The van der Waals surface area contributed by atoms with Gasteiger partial charge in [0.2, 0.25) is 5.91 Å². The van der Waals surface area contributed by atoms with Crippen molar-refractivity contribution in [2.75, 3.05) is 12.4 Å². The zero-order chi connectivity index (χ0) is 25.1. The van der Waals surface area contributed by atoms with Gasteiger partial charge in [0, 0.05) is 12.8 Å². The monoisotopic (exact) mass is 518 g/mol. The number of hydrogen-bond acceptors (Lipinski definition) is 6. The normalized spacial score (nSPS) is 19.2. The summed E-state index contributed by atoms with van der Waals surface area (Å²) < 4.78 is 5.27. The SMILES string of the molecule is COc1ccc(C2=NN(C3=NC(=O)[C@H](CC(=O)Nc4ccccc4Cl)S3)[C@H](c3ccccc3)C2)cc1. The molecule has 2 atom stereocenters. The van der Waals surface area contributed by atoms with Gasteiger partial charge in [0.15, 0.2) is 5.17 Å². The largest absolute Gasteiger partial charge is 0.497 e. The van der Waals surface area contributed by atoms with Crippen LogP contribution in [-0.4, -0.2) is 40.1 Å². The summed E-state index contributed by atoms with van der Waals surface area (Å²) in [6, 6.07) is 24.6. The van der Waals surface area contributed by atoms with E-state index in [4.69, 9.17) is 21.4 Å². The summed E-state index contributed by atoms with van der Waals surface area (Å²) in [7, 11) is 1.63. The molecule has 2 amide bonds. The first-order chi connectivity index (χ1) is 17.5. The summed E-state index contributed by atoms with van der Waals surface area (Å²) in [6.07, 6.45) is 0.641. The molecule has 182 valence electrons. The number of benzene rings is 3. The molecule has 0 spiro atoms. The van der Waals surface area contributed by atoms with Crippen molar-refractivity contribution in [2.45, 2.75) is 24.1 Å². The molecule has 0 aromatic heterocycles. The Balaban J connectivity index is 1.35. The van der Waals surface area contributed by atoms with Gasteiger partial charge in [-0.1, -0.05) is 65.8 Å². The molecule has 0 bridgehead atoms. The van der Waals surface area contributed by atoms with Crippen LogP contribution in [0.5, 0.6) is 5.75 Å². The number of hydrazone groups is 1. The number of methoxy groups -OCH3 is 1. The van der Waals surface area contributed by atoms with E-state index in [0.29, 0.717) is 22.3 Å². The smallest absolute Gasteiger partial charge is 0.262 e. The van der Waals surface area contributed by atoms with E-state index in [1.54, 1.807) is 31.4 Å². The molecule has 5 rings (SSSR count). The molecule has 0 saturated heterocycles. The van der Waals surface area contributed by atoms with Crippen molar-refractivity contribution in [3.05, 3.63) is 95.0 Å². The van der Waals surface area contributed by atoms with Crippen LogP contribution in [0.2, 0.25) is 5.02 Å². The van der Waals surface area contributed by atoms with E-state index in [2.05, 4.69) is 10.3 Å². The summed E-state index contributed by atoms with van der Waals surface area (Å²) in [5.41, 5.74) is 3.45. The first-order valence-corrected chi connectivity index (χ1v) is 12.7. The minimum Gasteiger partial charge on any atom is -0.497 e. The fraction of sp³-hybridized carbons (Fsp3) is 0.185. The Labute approximate surface area is 218 Å². The number of amidine groups is 1. The van der Waals surface area contributed by atoms with E-state index in [9.17, 15) is 9.59 Å². The highest BCUT2D eigenvalue weighted by molar-refractivity contribution is 8.15. The Morgan fingerprint density at radius 2 is 1.81 bits per heavy atom. The molecule has 9 heteroatoms. The maximum atomic E-state index is 12.8. The highest BCUT2D eigenvalue weighted by Gasteiger charge is 2.39. The molecule has 0 radical (unpaired) electrons. The van der Waals surface area contributed by atoms with Crippen molar-refractivity contribution in [2.24, 2.45) is 10.1 Å². The van der Waals surface area contributed by atoms with Crippen LogP contribution in [0.25, 0.3) is 0 Å². The summed E-state index contributed by atoms with van der Waals surface area (Å²) in [5.74, 6) is 0.131. The lowest BCUT2D eigenvalue weighted by Gasteiger charge is -2.23. The molecular formula is C27H23ClN4O3S. The van der Waals surface area contributed by atoms with Gasteiger partial charge in [0.1, 0.15) is 11.0 Å². The minimum absolute atomic E-state index is 0.0133. The van der Waals surface area contributed by atoms with Crippen LogP contribution >= 0.6 is 23.4 Å². The first-order valence-electron chi connectivity index (χ1n) is 11.4. The second kappa shape index (κ2) is 10.6. The number of nitrogens with zero attached hydrogens (tertiary/aromatic N) is 3. The van der Waals surface area contributed by atoms with E-state index in [0.717, 1.165) is 22.6 Å². The molecule has 2 aliphatic heterocycles. The van der Waals surface area contributed by atoms with Crippen molar-refractivity contribution in [3.63, 3.8) is 0 Å². The molecule has 7 nitrogen and oxygen atoms in total. The number of hydrogen-bond donors (Lipinski definition) is 1. The molecule has 3 aromatic carbocycles. The van der Waals surface area contributed by atoms with Crippen LogP contribution in [0, 0.1) is 0 Å². The number of carbonyl (C=O) groups excluding carboxylic acids is 2. The van der Waals surface area contributed by atoms with Crippen LogP contribution in [0.3, 0.4) is 0 Å². The number of ether oxygens (including phenoxy) is 1. The molecule has 0 unspecified atom stereocenters. The molecular weight excluding hydrogens is 496 g/mol. The predicted molar refractivity (Wildman–Crippen MR) is 144 cm³/mol. The Morgan fingerprint density at radius 1 is 1.08 bits per heavy atom. The van der Waals surface area contributed by atoms with Gasteiger partial charge >= 0.3 is 0 Å². The fourth-order valence-electron chi connectivity index (χ4n) is 4.12. The molecule has 36 heavy (non-hydrogen) atoms. The average molecular weight is 519 g/mol. The van der Waals surface area contributed by atoms with Gasteiger partial charge in [-0.15, -0.1) is 0 Å². The van der Waals surface area contributed by atoms with Crippen molar-refractivity contribution < 1.29 is 14.3 Å². The molecule has 0 saturated carbocycles. The number of aliphatic imine (C=N–C) groups is 1. The number of carbonyl (C=O) groups is 2. The third kappa shape index (κ3) is 5.15. The maximum Gasteiger partial charge on any atom is 0.262 e. The lowest BCUT2D eigenvalue weighted by molar-refractivity contribution is -0.121. The second-order valence-corrected chi connectivity index (χ2v) is 9.90. The van der Waals surface area contributed by atoms with E-state index in [-0.39, 0.29) is 24.3 Å². The summed E-state index contributed by atoms with van der Waals surface area (Å²) in [5, 5.41) is 9.76. The molecule has 0 aliphatic carbocycles. The van der Waals surface area contributed by atoms with Crippen molar-refractivity contribution in [1.29, 1.82) is 0 Å². The number of para-hydroxylation sites is 1. The molecule has 1 N–H and O–H groups in total. The van der Waals surface area contributed by atoms with Gasteiger partial charge in [0.05, 0.1) is 29.6 Å². The van der Waals surface area contributed by atoms with Gasteiger partial charge in [-0.2, -0.15) is 10.1 Å². The second-order valence-electron chi connectivity index (χ2n) is 8.32. The summed E-state index contributed by atoms with van der Waals surface area (Å²) in [6.45, 7) is 0. The van der Waals surface area contributed by atoms with Crippen LogP contribution in [0.4, 0.5) is 5.69 Å². The van der Waals surface area contributed by atoms with Crippen LogP contribution in [0.1, 0.15) is 30.0 Å². The van der Waals surface area contributed by atoms with Gasteiger partial charge in [0.25, 0.3) is 5.91 Å². The van der Waals surface area contributed by atoms with E-state index in [1.165, 1.54) is 11.8 Å². The summed E-state index contributed by atoms with van der Waals surface area (Å²) >= 11 is 7.41. The molecule has 0 fully saturated rings. The third-order valence-corrected chi connectivity index (χ3v) is 7.43. The van der Waals surface area contributed by atoms with Gasteiger partial charge in [-0.3, -0.25) is 9.59 Å². The first kappa shape index (κ1) is 24.1.